The van der Waals surface area contributed by atoms with Gasteiger partial charge >= 0.3 is 0 Å². The normalized spacial score (nSPS) is 13.1. The van der Waals surface area contributed by atoms with Gasteiger partial charge in [0.05, 0.1) is 6.61 Å². The Morgan fingerprint density at radius 2 is 1.85 bits per heavy atom. The molecule has 1 rings (SSSR count). The third-order valence-electron chi connectivity index (χ3n) is 3.58. The summed E-state index contributed by atoms with van der Waals surface area (Å²) in [4.78, 5) is 0. The molecule has 0 aromatic heterocycles. The van der Waals surface area contributed by atoms with Gasteiger partial charge in [0.15, 0.2) is 0 Å². The summed E-state index contributed by atoms with van der Waals surface area (Å²) in [5.41, 5.74) is 2.75. The molecular formula is C19H30O. The van der Waals surface area contributed by atoms with Gasteiger partial charge in [0.1, 0.15) is 5.75 Å². The molecule has 0 bridgehead atoms. The van der Waals surface area contributed by atoms with Crippen LogP contribution in [0.3, 0.4) is 0 Å². The molecule has 1 aromatic carbocycles. The zero-order valence-electron chi connectivity index (χ0n) is 13.8. The zero-order valence-corrected chi connectivity index (χ0v) is 13.8. The molecule has 0 aliphatic heterocycles. The summed E-state index contributed by atoms with van der Waals surface area (Å²) in [6.07, 6.45) is 7.82. The predicted molar refractivity (Wildman–Crippen MR) is 88.8 cm³/mol. The first kappa shape index (κ1) is 16.8. The number of hydrogen-bond acceptors (Lipinski definition) is 1. The molecule has 0 saturated heterocycles. The van der Waals surface area contributed by atoms with Crippen molar-refractivity contribution in [2.75, 3.05) is 6.61 Å². The van der Waals surface area contributed by atoms with Gasteiger partial charge in [-0.2, -0.15) is 0 Å². The number of ether oxygens (including phenoxy) is 1. The summed E-state index contributed by atoms with van der Waals surface area (Å²) < 4.78 is 5.87. The molecule has 0 heterocycles. The summed E-state index contributed by atoms with van der Waals surface area (Å²) >= 11 is 0. The van der Waals surface area contributed by atoms with Crippen LogP contribution >= 0.6 is 0 Å². The lowest BCUT2D eigenvalue weighted by molar-refractivity contribution is 0.313. The van der Waals surface area contributed by atoms with Gasteiger partial charge in [0, 0.05) is 0 Å². The van der Waals surface area contributed by atoms with Crippen molar-refractivity contribution in [1.29, 1.82) is 0 Å². The second kappa shape index (κ2) is 8.84. The van der Waals surface area contributed by atoms with Crippen LogP contribution in [0.1, 0.15) is 76.8 Å². The van der Waals surface area contributed by atoms with Crippen LogP contribution in [0.4, 0.5) is 0 Å². The molecule has 1 atom stereocenters. The van der Waals surface area contributed by atoms with Gasteiger partial charge in [-0.15, -0.1) is 0 Å². The number of hydrogen-bond donors (Lipinski definition) is 0. The number of benzene rings is 1. The maximum absolute atomic E-state index is 5.87. The van der Waals surface area contributed by atoms with E-state index in [0.29, 0.717) is 11.8 Å². The van der Waals surface area contributed by atoms with Crippen LogP contribution in [-0.2, 0) is 0 Å². The smallest absolute Gasteiger partial charge is 0.122 e. The SMILES string of the molecule is CC/C=C\CC(C)c1ccc(OCCC)c(C(C)C)c1. The molecule has 20 heavy (non-hydrogen) atoms. The van der Waals surface area contributed by atoms with E-state index >= 15 is 0 Å². The number of rotatable bonds is 8. The molecule has 1 nitrogen and oxygen atoms in total. The molecule has 0 amide bonds. The third-order valence-corrected chi connectivity index (χ3v) is 3.58. The zero-order chi connectivity index (χ0) is 15.0. The molecule has 0 aliphatic rings. The van der Waals surface area contributed by atoms with Crippen LogP contribution in [0.15, 0.2) is 30.4 Å². The van der Waals surface area contributed by atoms with E-state index in [0.717, 1.165) is 31.6 Å². The van der Waals surface area contributed by atoms with E-state index < -0.39 is 0 Å². The molecule has 112 valence electrons. The summed E-state index contributed by atoms with van der Waals surface area (Å²) in [6.45, 7) is 11.9. The summed E-state index contributed by atoms with van der Waals surface area (Å²) in [5.74, 6) is 2.12. The predicted octanol–water partition coefficient (Wildman–Crippen LogP) is 6.06. The van der Waals surface area contributed by atoms with Crippen molar-refractivity contribution in [2.24, 2.45) is 0 Å². The van der Waals surface area contributed by atoms with Crippen molar-refractivity contribution >= 4 is 0 Å². The third kappa shape index (κ3) is 5.03. The second-order valence-corrected chi connectivity index (χ2v) is 5.82. The van der Waals surface area contributed by atoms with Crippen LogP contribution < -0.4 is 4.74 Å². The molecule has 0 fully saturated rings. The first-order valence-corrected chi connectivity index (χ1v) is 8.01. The molecule has 0 radical (unpaired) electrons. The largest absolute Gasteiger partial charge is 0.493 e. The average molecular weight is 274 g/mol. The van der Waals surface area contributed by atoms with Crippen molar-refractivity contribution in [3.63, 3.8) is 0 Å². The van der Waals surface area contributed by atoms with Crippen LogP contribution in [0.2, 0.25) is 0 Å². The molecule has 1 heteroatoms. The molecule has 1 unspecified atom stereocenters. The maximum Gasteiger partial charge on any atom is 0.122 e. The minimum absolute atomic E-state index is 0.500. The Labute approximate surface area is 125 Å². The van der Waals surface area contributed by atoms with Gasteiger partial charge in [-0.05, 0) is 48.3 Å². The van der Waals surface area contributed by atoms with Crippen molar-refractivity contribution < 1.29 is 4.74 Å². The van der Waals surface area contributed by atoms with Crippen molar-refractivity contribution in [2.45, 2.75) is 65.7 Å². The fourth-order valence-corrected chi connectivity index (χ4v) is 2.27. The summed E-state index contributed by atoms with van der Waals surface area (Å²) in [5, 5.41) is 0. The van der Waals surface area contributed by atoms with E-state index in [-0.39, 0.29) is 0 Å². The maximum atomic E-state index is 5.87. The molecule has 1 aromatic rings. The van der Waals surface area contributed by atoms with E-state index in [1.807, 2.05) is 0 Å². The highest BCUT2D eigenvalue weighted by Gasteiger charge is 2.12. The van der Waals surface area contributed by atoms with Crippen LogP contribution in [0.25, 0.3) is 0 Å². The topological polar surface area (TPSA) is 9.23 Å². The molecule has 0 aliphatic carbocycles. The van der Waals surface area contributed by atoms with Gasteiger partial charge in [0.25, 0.3) is 0 Å². The van der Waals surface area contributed by atoms with Gasteiger partial charge in [-0.1, -0.05) is 58.9 Å². The fraction of sp³-hybridized carbons (Fsp3) is 0.579. The minimum atomic E-state index is 0.500. The Kier molecular flexibility index (Phi) is 7.43. The second-order valence-electron chi connectivity index (χ2n) is 5.82. The van der Waals surface area contributed by atoms with Gasteiger partial charge in [-0.25, -0.2) is 0 Å². The highest BCUT2D eigenvalue weighted by atomic mass is 16.5. The Bertz CT molecular complexity index is 418. The van der Waals surface area contributed by atoms with E-state index in [1.165, 1.54) is 11.1 Å². The quantitative estimate of drug-likeness (QED) is 0.524. The molecular weight excluding hydrogens is 244 g/mol. The highest BCUT2D eigenvalue weighted by Crippen LogP contribution is 2.31. The Hall–Kier alpha value is -1.24. The molecule has 0 saturated carbocycles. The lowest BCUT2D eigenvalue weighted by Crippen LogP contribution is -2.02. The number of allylic oxidation sites excluding steroid dienone is 2. The fourth-order valence-electron chi connectivity index (χ4n) is 2.27. The van der Waals surface area contributed by atoms with Crippen LogP contribution in [0.5, 0.6) is 5.75 Å². The van der Waals surface area contributed by atoms with E-state index in [2.05, 4.69) is 65.0 Å². The average Bonchev–Trinajstić information content (AvgIpc) is 2.45. The van der Waals surface area contributed by atoms with Crippen molar-refractivity contribution in [3.05, 3.63) is 41.5 Å². The van der Waals surface area contributed by atoms with Crippen LogP contribution in [-0.4, -0.2) is 6.61 Å². The van der Waals surface area contributed by atoms with Crippen molar-refractivity contribution in [3.8, 4) is 5.75 Å². The van der Waals surface area contributed by atoms with E-state index in [9.17, 15) is 0 Å². The molecule has 0 spiro atoms. The lowest BCUT2D eigenvalue weighted by atomic mass is 9.92. The summed E-state index contributed by atoms with van der Waals surface area (Å²) in [7, 11) is 0. The first-order chi connectivity index (χ1) is 9.60. The lowest BCUT2D eigenvalue weighted by Gasteiger charge is -2.17. The Morgan fingerprint density at radius 1 is 1.10 bits per heavy atom. The highest BCUT2D eigenvalue weighted by molar-refractivity contribution is 5.40. The minimum Gasteiger partial charge on any atom is -0.493 e. The standard InChI is InChI=1S/C19H30O/c1-6-8-9-10-16(5)17-11-12-19(20-13-7-2)18(14-17)15(3)4/h8-9,11-12,14-16H,6-7,10,13H2,1-5H3/b9-8-. The molecule has 0 N–H and O–H groups in total. The van der Waals surface area contributed by atoms with Crippen molar-refractivity contribution in [1.82, 2.24) is 0 Å². The van der Waals surface area contributed by atoms with Crippen LogP contribution in [0, 0.1) is 0 Å². The van der Waals surface area contributed by atoms with Gasteiger partial charge < -0.3 is 4.74 Å². The van der Waals surface area contributed by atoms with Gasteiger partial charge in [0.2, 0.25) is 0 Å². The van der Waals surface area contributed by atoms with E-state index in [1.54, 1.807) is 0 Å². The monoisotopic (exact) mass is 274 g/mol. The van der Waals surface area contributed by atoms with Gasteiger partial charge in [-0.3, -0.25) is 0 Å². The Balaban J connectivity index is 2.88. The first-order valence-electron chi connectivity index (χ1n) is 8.01. The van der Waals surface area contributed by atoms with E-state index in [4.69, 9.17) is 4.74 Å². The Morgan fingerprint density at radius 3 is 2.45 bits per heavy atom. The summed E-state index contributed by atoms with van der Waals surface area (Å²) in [6, 6.07) is 6.71.